The zero-order chi connectivity index (χ0) is 13.3. The van der Waals surface area contributed by atoms with E-state index in [2.05, 4.69) is 0 Å². The average molecular weight is 248 g/mol. The zero-order valence-electron chi connectivity index (χ0n) is 10.7. The molecule has 0 amide bonds. The molecule has 0 aliphatic heterocycles. The highest BCUT2D eigenvalue weighted by molar-refractivity contribution is 6.05. The van der Waals surface area contributed by atoms with Gasteiger partial charge in [-0.05, 0) is 11.5 Å². The normalized spacial score (nSPS) is 24.2. The summed E-state index contributed by atoms with van der Waals surface area (Å²) in [7, 11) is 2.58. The lowest BCUT2D eigenvalue weighted by Gasteiger charge is -2.12. The smallest absolute Gasteiger partial charge is 0.324 e. The Kier molecular flexibility index (Phi) is 3.11. The van der Waals surface area contributed by atoms with Crippen LogP contribution in [0.2, 0.25) is 0 Å². The van der Waals surface area contributed by atoms with Crippen LogP contribution in [0.25, 0.3) is 0 Å². The Balaban J connectivity index is 2.40. The van der Waals surface area contributed by atoms with E-state index in [4.69, 9.17) is 9.47 Å². The van der Waals surface area contributed by atoms with Crippen molar-refractivity contribution in [2.75, 3.05) is 14.2 Å². The van der Waals surface area contributed by atoms with Gasteiger partial charge in [-0.3, -0.25) is 9.59 Å². The lowest BCUT2D eigenvalue weighted by molar-refractivity contribution is -0.162. The van der Waals surface area contributed by atoms with Crippen molar-refractivity contribution in [2.45, 2.75) is 12.8 Å². The molecule has 0 spiro atoms. The first-order chi connectivity index (χ1) is 8.60. The molecule has 0 heterocycles. The molecule has 0 aromatic heterocycles. The minimum atomic E-state index is -1.18. The summed E-state index contributed by atoms with van der Waals surface area (Å²) < 4.78 is 9.57. The van der Waals surface area contributed by atoms with Gasteiger partial charge in [0, 0.05) is 5.92 Å². The van der Waals surface area contributed by atoms with Crippen molar-refractivity contribution >= 4 is 11.9 Å². The molecule has 1 saturated carbocycles. The summed E-state index contributed by atoms with van der Waals surface area (Å²) in [6.45, 7) is 1.87. The van der Waals surface area contributed by atoms with Crippen LogP contribution in [0.1, 0.15) is 18.4 Å². The van der Waals surface area contributed by atoms with Crippen LogP contribution in [0.15, 0.2) is 30.3 Å². The highest BCUT2D eigenvalue weighted by atomic mass is 16.5. The van der Waals surface area contributed by atoms with E-state index in [9.17, 15) is 9.59 Å². The van der Waals surface area contributed by atoms with E-state index in [0.717, 1.165) is 5.56 Å². The van der Waals surface area contributed by atoms with E-state index in [1.165, 1.54) is 14.2 Å². The average Bonchev–Trinajstić information content (AvgIpc) is 3.05. The van der Waals surface area contributed by atoms with E-state index in [1.54, 1.807) is 0 Å². The van der Waals surface area contributed by atoms with Crippen LogP contribution in [0, 0.1) is 11.3 Å². The number of carbonyl (C=O) groups excluding carboxylic acids is 2. The Labute approximate surface area is 106 Å². The molecule has 2 unspecified atom stereocenters. The molecule has 4 heteroatoms. The minimum Gasteiger partial charge on any atom is -0.468 e. The Bertz CT molecular complexity index is 450. The number of hydrogen-bond acceptors (Lipinski definition) is 4. The third kappa shape index (κ3) is 1.52. The molecular weight excluding hydrogens is 232 g/mol. The largest absolute Gasteiger partial charge is 0.468 e. The number of methoxy groups -OCH3 is 2. The van der Waals surface area contributed by atoms with Gasteiger partial charge in [0.05, 0.1) is 14.2 Å². The van der Waals surface area contributed by atoms with Crippen LogP contribution in [0.4, 0.5) is 0 Å². The van der Waals surface area contributed by atoms with Crippen molar-refractivity contribution in [3.8, 4) is 0 Å². The standard InChI is InChI=1S/C14H16O4/c1-9-11(10-7-5-4-6-8-10)14(9,12(15)17-2)13(16)18-3/h4-9,11H,1-3H3. The second-order valence-electron chi connectivity index (χ2n) is 4.53. The predicted molar refractivity (Wildman–Crippen MR) is 64.8 cm³/mol. The van der Waals surface area contributed by atoms with E-state index in [-0.39, 0.29) is 11.8 Å². The number of carbonyl (C=O) groups is 2. The van der Waals surface area contributed by atoms with Crippen LogP contribution in [-0.4, -0.2) is 26.2 Å². The van der Waals surface area contributed by atoms with Crippen LogP contribution in [0.5, 0.6) is 0 Å². The molecule has 1 aliphatic rings. The lowest BCUT2D eigenvalue weighted by atomic mass is 9.99. The van der Waals surface area contributed by atoms with Crippen molar-refractivity contribution < 1.29 is 19.1 Å². The second-order valence-corrected chi connectivity index (χ2v) is 4.53. The van der Waals surface area contributed by atoms with Gasteiger partial charge in [0.2, 0.25) is 0 Å². The fourth-order valence-electron chi connectivity index (χ4n) is 2.82. The SMILES string of the molecule is COC(=O)C1(C(=O)OC)C(C)C1c1ccccc1. The van der Waals surface area contributed by atoms with Gasteiger partial charge in [-0.1, -0.05) is 37.3 Å². The van der Waals surface area contributed by atoms with Crippen LogP contribution < -0.4 is 0 Å². The quantitative estimate of drug-likeness (QED) is 0.604. The molecule has 0 radical (unpaired) electrons. The topological polar surface area (TPSA) is 52.6 Å². The third-order valence-corrected chi connectivity index (χ3v) is 3.80. The number of benzene rings is 1. The molecule has 1 aromatic rings. The van der Waals surface area contributed by atoms with Crippen molar-refractivity contribution in [3.63, 3.8) is 0 Å². The first-order valence-corrected chi connectivity index (χ1v) is 5.82. The van der Waals surface area contributed by atoms with E-state index in [1.807, 2.05) is 37.3 Å². The van der Waals surface area contributed by atoms with Crippen LogP contribution in [-0.2, 0) is 19.1 Å². The second kappa shape index (κ2) is 4.44. The van der Waals surface area contributed by atoms with Gasteiger partial charge in [-0.25, -0.2) is 0 Å². The first-order valence-electron chi connectivity index (χ1n) is 5.82. The van der Waals surface area contributed by atoms with E-state index >= 15 is 0 Å². The van der Waals surface area contributed by atoms with Gasteiger partial charge in [0.25, 0.3) is 0 Å². The Hall–Kier alpha value is -1.84. The maximum absolute atomic E-state index is 12.0. The molecule has 0 bridgehead atoms. The molecule has 2 atom stereocenters. The number of rotatable bonds is 3. The van der Waals surface area contributed by atoms with Gasteiger partial charge in [-0.2, -0.15) is 0 Å². The Morgan fingerprint density at radius 2 is 1.56 bits per heavy atom. The van der Waals surface area contributed by atoms with Crippen molar-refractivity contribution in [1.82, 2.24) is 0 Å². The van der Waals surface area contributed by atoms with Crippen LogP contribution >= 0.6 is 0 Å². The molecule has 0 saturated heterocycles. The summed E-state index contributed by atoms with van der Waals surface area (Å²) in [5.74, 6) is -1.31. The monoisotopic (exact) mass is 248 g/mol. The summed E-state index contributed by atoms with van der Waals surface area (Å²) in [6, 6.07) is 9.50. The Morgan fingerprint density at radius 3 is 2.00 bits per heavy atom. The molecule has 96 valence electrons. The summed E-state index contributed by atoms with van der Waals surface area (Å²) in [6.07, 6.45) is 0. The van der Waals surface area contributed by atoms with Gasteiger partial charge in [-0.15, -0.1) is 0 Å². The summed E-state index contributed by atoms with van der Waals surface area (Å²) in [5.41, 5.74) is -0.217. The molecule has 18 heavy (non-hydrogen) atoms. The maximum atomic E-state index is 12.0. The zero-order valence-corrected chi connectivity index (χ0v) is 10.7. The molecule has 4 nitrogen and oxygen atoms in total. The highest BCUT2D eigenvalue weighted by Crippen LogP contribution is 2.65. The maximum Gasteiger partial charge on any atom is 0.324 e. The molecule has 2 rings (SSSR count). The molecule has 0 N–H and O–H groups in total. The van der Waals surface area contributed by atoms with E-state index in [0.29, 0.717) is 0 Å². The molecule has 1 aromatic carbocycles. The highest BCUT2D eigenvalue weighted by Gasteiger charge is 2.74. The number of hydrogen-bond donors (Lipinski definition) is 0. The van der Waals surface area contributed by atoms with Crippen molar-refractivity contribution in [1.29, 1.82) is 0 Å². The number of esters is 2. The molecule has 1 fully saturated rings. The van der Waals surface area contributed by atoms with Crippen LogP contribution in [0.3, 0.4) is 0 Å². The van der Waals surface area contributed by atoms with E-state index < -0.39 is 17.4 Å². The van der Waals surface area contributed by atoms with Gasteiger partial charge in [0.15, 0.2) is 5.41 Å². The minimum absolute atomic E-state index is 0.111. The molecule has 1 aliphatic carbocycles. The third-order valence-electron chi connectivity index (χ3n) is 3.80. The predicted octanol–water partition coefficient (Wildman–Crippen LogP) is 1.75. The summed E-state index contributed by atoms with van der Waals surface area (Å²) in [4.78, 5) is 23.9. The first kappa shape index (κ1) is 12.6. The van der Waals surface area contributed by atoms with Gasteiger partial charge >= 0.3 is 11.9 Å². The van der Waals surface area contributed by atoms with Crippen molar-refractivity contribution in [3.05, 3.63) is 35.9 Å². The number of ether oxygens (including phenoxy) is 2. The van der Waals surface area contributed by atoms with Gasteiger partial charge in [0.1, 0.15) is 0 Å². The summed E-state index contributed by atoms with van der Waals surface area (Å²) >= 11 is 0. The van der Waals surface area contributed by atoms with Crippen molar-refractivity contribution in [2.24, 2.45) is 11.3 Å². The fraction of sp³-hybridized carbons (Fsp3) is 0.429. The summed E-state index contributed by atoms with van der Waals surface area (Å²) in [5, 5.41) is 0. The fourth-order valence-corrected chi connectivity index (χ4v) is 2.82. The van der Waals surface area contributed by atoms with Gasteiger partial charge < -0.3 is 9.47 Å². The Morgan fingerprint density at radius 1 is 1.06 bits per heavy atom. The molecular formula is C14H16O4. The lowest BCUT2D eigenvalue weighted by Crippen LogP contribution is -2.31.